The molecule has 0 aromatic heterocycles. The molecule has 0 fully saturated rings. The molecule has 100 valence electrons. The summed E-state index contributed by atoms with van der Waals surface area (Å²) in [6, 6.07) is 10.3. The molecule has 18 heavy (non-hydrogen) atoms. The van der Waals surface area contributed by atoms with E-state index in [0.717, 1.165) is 18.8 Å². The summed E-state index contributed by atoms with van der Waals surface area (Å²) in [6.07, 6.45) is 0. The Morgan fingerprint density at radius 1 is 1.17 bits per heavy atom. The van der Waals surface area contributed by atoms with Crippen molar-refractivity contribution in [3.63, 3.8) is 0 Å². The zero-order chi connectivity index (χ0) is 13.2. The number of rotatable bonds is 7. The van der Waals surface area contributed by atoms with Gasteiger partial charge in [-0.2, -0.15) is 0 Å². The number of amides is 2. The lowest BCUT2D eigenvalue weighted by atomic mass is 10.4. The molecule has 0 aliphatic heterocycles. The summed E-state index contributed by atoms with van der Waals surface area (Å²) in [7, 11) is 3.47. The van der Waals surface area contributed by atoms with Crippen LogP contribution in [0.25, 0.3) is 0 Å². The van der Waals surface area contributed by atoms with Crippen LogP contribution in [-0.4, -0.2) is 50.4 Å². The van der Waals surface area contributed by atoms with Gasteiger partial charge in [0.15, 0.2) is 0 Å². The fourth-order valence-electron chi connectivity index (χ4n) is 1.30. The Morgan fingerprint density at radius 3 is 2.56 bits per heavy atom. The maximum Gasteiger partial charge on any atom is 0.316 e. The lowest BCUT2D eigenvalue weighted by molar-refractivity contribution is 0.217. The number of hydrogen-bond donors (Lipinski definition) is 2. The van der Waals surface area contributed by atoms with E-state index in [0.29, 0.717) is 6.54 Å². The van der Waals surface area contributed by atoms with E-state index in [1.165, 1.54) is 9.80 Å². The average Bonchev–Trinajstić information content (AvgIpc) is 2.38. The van der Waals surface area contributed by atoms with Gasteiger partial charge < -0.3 is 15.5 Å². The van der Waals surface area contributed by atoms with E-state index in [1.807, 2.05) is 30.0 Å². The van der Waals surface area contributed by atoms with Crippen molar-refractivity contribution in [1.82, 2.24) is 15.5 Å². The highest BCUT2D eigenvalue weighted by Crippen LogP contribution is 2.15. The average molecular weight is 267 g/mol. The Morgan fingerprint density at radius 2 is 1.89 bits per heavy atom. The second-order valence-electron chi connectivity index (χ2n) is 4.04. The number of carbonyl (C=O) groups excluding carboxylic acids is 1. The first-order valence-electron chi connectivity index (χ1n) is 6.04. The lowest BCUT2D eigenvalue weighted by Crippen LogP contribution is -2.38. The second kappa shape index (κ2) is 8.83. The molecular formula is C13H21N3OS. The normalized spacial score (nSPS) is 10.1. The quantitative estimate of drug-likeness (QED) is 0.583. The van der Waals surface area contributed by atoms with Gasteiger partial charge in [0.2, 0.25) is 0 Å². The van der Waals surface area contributed by atoms with Gasteiger partial charge in [-0.15, -0.1) is 11.8 Å². The summed E-state index contributed by atoms with van der Waals surface area (Å²) in [5.41, 5.74) is 0. The molecule has 0 spiro atoms. The standard InChI is InChI=1S/C13H21N3OS/c1-16(2)13(17)15-9-8-14-10-11-18-12-6-4-3-5-7-12/h3-7,14H,8-11H2,1-2H3,(H,15,17). The monoisotopic (exact) mass is 267 g/mol. The van der Waals surface area contributed by atoms with Gasteiger partial charge >= 0.3 is 6.03 Å². The van der Waals surface area contributed by atoms with Gasteiger partial charge in [-0.05, 0) is 12.1 Å². The van der Waals surface area contributed by atoms with Crippen LogP contribution in [0.2, 0.25) is 0 Å². The molecule has 0 saturated carbocycles. The minimum atomic E-state index is -0.0459. The van der Waals surface area contributed by atoms with Crippen molar-refractivity contribution in [3.05, 3.63) is 30.3 Å². The van der Waals surface area contributed by atoms with Gasteiger partial charge in [0.1, 0.15) is 0 Å². The van der Waals surface area contributed by atoms with E-state index < -0.39 is 0 Å². The van der Waals surface area contributed by atoms with Gasteiger partial charge in [-0.3, -0.25) is 0 Å². The Balaban J connectivity index is 1.95. The zero-order valence-corrected chi connectivity index (χ0v) is 11.8. The molecule has 0 unspecified atom stereocenters. The third kappa shape index (κ3) is 6.51. The van der Waals surface area contributed by atoms with Crippen LogP contribution >= 0.6 is 11.8 Å². The lowest BCUT2D eigenvalue weighted by Gasteiger charge is -2.12. The first kappa shape index (κ1) is 14.9. The van der Waals surface area contributed by atoms with Crippen LogP contribution in [0.4, 0.5) is 4.79 Å². The van der Waals surface area contributed by atoms with Crippen molar-refractivity contribution in [2.24, 2.45) is 0 Å². The van der Waals surface area contributed by atoms with Crippen LogP contribution in [0.15, 0.2) is 35.2 Å². The molecule has 0 radical (unpaired) electrons. The molecule has 5 heteroatoms. The molecule has 0 atom stereocenters. The molecule has 4 nitrogen and oxygen atoms in total. The molecule has 1 aromatic rings. The van der Waals surface area contributed by atoms with Crippen molar-refractivity contribution < 1.29 is 4.79 Å². The number of nitrogens with zero attached hydrogens (tertiary/aromatic N) is 1. The predicted octanol–water partition coefficient (Wildman–Crippen LogP) is 1.64. The molecule has 0 bridgehead atoms. The highest BCUT2D eigenvalue weighted by molar-refractivity contribution is 7.99. The number of carbonyl (C=O) groups is 1. The number of hydrogen-bond acceptors (Lipinski definition) is 3. The second-order valence-corrected chi connectivity index (χ2v) is 5.21. The number of nitrogens with one attached hydrogen (secondary N) is 2. The number of benzene rings is 1. The third-order valence-corrected chi connectivity index (χ3v) is 3.29. The molecule has 0 aliphatic carbocycles. The highest BCUT2D eigenvalue weighted by atomic mass is 32.2. The van der Waals surface area contributed by atoms with E-state index in [4.69, 9.17) is 0 Å². The Bertz CT molecular complexity index is 343. The number of thioether (sulfide) groups is 1. The SMILES string of the molecule is CN(C)C(=O)NCCNCCSc1ccccc1. The Hall–Kier alpha value is -1.20. The summed E-state index contributed by atoms with van der Waals surface area (Å²) in [5.74, 6) is 1.03. The summed E-state index contributed by atoms with van der Waals surface area (Å²) in [6.45, 7) is 2.40. The van der Waals surface area contributed by atoms with Crippen molar-refractivity contribution in [2.75, 3.05) is 39.5 Å². The van der Waals surface area contributed by atoms with E-state index in [9.17, 15) is 4.79 Å². The number of urea groups is 1. The van der Waals surface area contributed by atoms with Crippen molar-refractivity contribution in [2.45, 2.75) is 4.90 Å². The smallest absolute Gasteiger partial charge is 0.316 e. The summed E-state index contributed by atoms with van der Waals surface area (Å²) in [5, 5.41) is 6.10. The largest absolute Gasteiger partial charge is 0.337 e. The summed E-state index contributed by atoms with van der Waals surface area (Å²) < 4.78 is 0. The van der Waals surface area contributed by atoms with E-state index >= 15 is 0 Å². The summed E-state index contributed by atoms with van der Waals surface area (Å²) >= 11 is 1.83. The topological polar surface area (TPSA) is 44.4 Å². The van der Waals surface area contributed by atoms with Crippen molar-refractivity contribution >= 4 is 17.8 Å². The van der Waals surface area contributed by atoms with Gasteiger partial charge in [0.05, 0.1) is 0 Å². The Kier molecular flexibility index (Phi) is 7.29. The van der Waals surface area contributed by atoms with E-state index in [-0.39, 0.29) is 6.03 Å². The van der Waals surface area contributed by atoms with Crippen LogP contribution in [0.3, 0.4) is 0 Å². The van der Waals surface area contributed by atoms with Crippen LogP contribution in [0.1, 0.15) is 0 Å². The van der Waals surface area contributed by atoms with Gasteiger partial charge in [0, 0.05) is 44.4 Å². The van der Waals surface area contributed by atoms with Crippen LogP contribution in [0.5, 0.6) is 0 Å². The first-order valence-corrected chi connectivity index (χ1v) is 7.02. The molecular weight excluding hydrogens is 246 g/mol. The van der Waals surface area contributed by atoms with Crippen LogP contribution in [-0.2, 0) is 0 Å². The zero-order valence-electron chi connectivity index (χ0n) is 11.0. The molecule has 0 saturated heterocycles. The fraction of sp³-hybridized carbons (Fsp3) is 0.462. The van der Waals surface area contributed by atoms with Crippen molar-refractivity contribution in [1.29, 1.82) is 0 Å². The third-order valence-electron chi connectivity index (χ3n) is 2.27. The molecule has 1 rings (SSSR count). The first-order chi connectivity index (χ1) is 8.70. The molecule has 0 aliphatic rings. The van der Waals surface area contributed by atoms with Crippen LogP contribution in [0, 0.1) is 0 Å². The molecule has 2 N–H and O–H groups in total. The molecule has 2 amide bonds. The van der Waals surface area contributed by atoms with Gasteiger partial charge in [-0.1, -0.05) is 18.2 Å². The molecule has 1 aromatic carbocycles. The van der Waals surface area contributed by atoms with Gasteiger partial charge in [0.25, 0.3) is 0 Å². The highest BCUT2D eigenvalue weighted by Gasteiger charge is 2.00. The maximum absolute atomic E-state index is 11.2. The summed E-state index contributed by atoms with van der Waals surface area (Å²) in [4.78, 5) is 14.0. The predicted molar refractivity (Wildman–Crippen MR) is 77.1 cm³/mol. The molecule has 0 heterocycles. The Labute approximate surface area is 113 Å². The van der Waals surface area contributed by atoms with Crippen LogP contribution < -0.4 is 10.6 Å². The van der Waals surface area contributed by atoms with Crippen molar-refractivity contribution in [3.8, 4) is 0 Å². The van der Waals surface area contributed by atoms with E-state index in [2.05, 4.69) is 22.8 Å². The van der Waals surface area contributed by atoms with E-state index in [1.54, 1.807) is 14.1 Å². The maximum atomic E-state index is 11.2. The fourth-order valence-corrected chi connectivity index (χ4v) is 2.13. The van der Waals surface area contributed by atoms with Gasteiger partial charge in [-0.25, -0.2) is 4.79 Å². The minimum absolute atomic E-state index is 0.0459. The minimum Gasteiger partial charge on any atom is -0.337 e.